The zero-order valence-corrected chi connectivity index (χ0v) is 28.0. The largest absolute Gasteiger partial charge is 0.381 e. The first kappa shape index (κ1) is 33.4. The smallest absolute Gasteiger partial charge is 0.254 e. The number of ether oxygens (including phenoxy) is 1. The van der Waals surface area contributed by atoms with E-state index in [0.717, 1.165) is 97.3 Å². The van der Waals surface area contributed by atoms with Crippen molar-refractivity contribution in [2.75, 3.05) is 59.0 Å². The SMILES string of the molecule is O=C1NCC[C@H]2CN(C3CCOCC3)CC[C@H]2CC(=O)N2CCC(CC2)N2CCC[C@H]2C(=O)N[C@H]2C[C@@H]1N(C(=O)c1ccc(F)cc1)C2. The number of fused-ring (bicyclic) bond motifs is 7. The number of carbonyl (C=O) groups is 4. The van der Waals surface area contributed by atoms with Gasteiger partial charge in [-0.3, -0.25) is 29.0 Å². The molecule has 1 aromatic rings. The van der Waals surface area contributed by atoms with Crippen LogP contribution in [0.3, 0.4) is 0 Å². The third-order valence-electron chi connectivity index (χ3n) is 12.1. The molecule has 1 aromatic carbocycles. The summed E-state index contributed by atoms with van der Waals surface area (Å²) < 4.78 is 19.3. The van der Waals surface area contributed by atoms with E-state index in [4.69, 9.17) is 4.74 Å². The number of piperidine rings is 2. The Labute approximate surface area is 282 Å². The van der Waals surface area contributed by atoms with Gasteiger partial charge in [0.05, 0.1) is 6.04 Å². The quantitative estimate of drug-likeness (QED) is 0.497. The third-order valence-corrected chi connectivity index (χ3v) is 12.1. The number of nitrogens with one attached hydrogen (secondary N) is 2. The Balaban J connectivity index is 1.12. The van der Waals surface area contributed by atoms with Gasteiger partial charge in [0.2, 0.25) is 17.7 Å². The van der Waals surface area contributed by atoms with E-state index in [0.29, 0.717) is 31.0 Å². The van der Waals surface area contributed by atoms with Gasteiger partial charge in [-0.2, -0.15) is 0 Å². The fourth-order valence-corrected chi connectivity index (χ4v) is 9.36. The molecule has 7 aliphatic heterocycles. The lowest BCUT2D eigenvalue weighted by Crippen LogP contribution is -2.54. The lowest BCUT2D eigenvalue weighted by Gasteiger charge is -2.44. The molecule has 7 aliphatic rings. The van der Waals surface area contributed by atoms with Crippen molar-refractivity contribution >= 4 is 23.6 Å². The van der Waals surface area contributed by atoms with Gasteiger partial charge >= 0.3 is 0 Å². The molecule has 2 N–H and O–H groups in total. The monoisotopic (exact) mass is 666 g/mol. The Hall–Kier alpha value is -3.09. The van der Waals surface area contributed by atoms with Gasteiger partial charge < -0.3 is 25.2 Å². The normalized spacial score (nSPS) is 33.3. The second-order valence-electron chi connectivity index (χ2n) is 14.9. The number of nitrogens with zero attached hydrogens (tertiary/aromatic N) is 4. The zero-order chi connectivity index (χ0) is 33.2. The highest BCUT2D eigenvalue weighted by Crippen LogP contribution is 2.34. The van der Waals surface area contributed by atoms with Crippen molar-refractivity contribution in [3.63, 3.8) is 0 Å². The Morgan fingerprint density at radius 1 is 0.792 bits per heavy atom. The molecule has 0 aromatic heterocycles. The lowest BCUT2D eigenvalue weighted by molar-refractivity contribution is -0.136. The maximum atomic E-state index is 13.8. The maximum absolute atomic E-state index is 13.8. The molecule has 262 valence electrons. The van der Waals surface area contributed by atoms with E-state index in [1.165, 1.54) is 24.3 Å². The standard InChI is InChI=1S/C36H51FN6O5/c37-27-5-3-24(4-6-27)36(47)43-23-28-21-32(43)34(45)38-13-7-26-22-41(29-11-18-48-19-12-29)15-8-25(26)20-33(44)40-16-9-30(10-17-40)42-14-1-2-31(42)35(46)39-28/h3-6,25-26,28-32H,1-2,7-23H2,(H,38,45)(H,39,46)/t25-,26-,28-,31-,32-/m0/s1. The van der Waals surface area contributed by atoms with Crippen LogP contribution in [0, 0.1) is 17.7 Å². The molecular weight excluding hydrogens is 615 g/mol. The lowest BCUT2D eigenvalue weighted by atomic mass is 9.79. The first-order chi connectivity index (χ1) is 23.3. The van der Waals surface area contributed by atoms with Gasteiger partial charge in [0.15, 0.2) is 0 Å². The number of halogens is 1. The van der Waals surface area contributed by atoms with Crippen molar-refractivity contribution in [1.29, 1.82) is 0 Å². The molecule has 0 radical (unpaired) electrons. The van der Waals surface area contributed by atoms with Gasteiger partial charge in [-0.25, -0.2) is 4.39 Å². The van der Waals surface area contributed by atoms with E-state index in [-0.39, 0.29) is 60.1 Å². The fourth-order valence-electron chi connectivity index (χ4n) is 9.36. The minimum absolute atomic E-state index is 0.0534. The van der Waals surface area contributed by atoms with Crippen LogP contribution in [-0.4, -0.2) is 132 Å². The minimum atomic E-state index is -0.750. The van der Waals surface area contributed by atoms with E-state index in [9.17, 15) is 23.6 Å². The number of hydrogen-bond donors (Lipinski definition) is 2. The van der Waals surface area contributed by atoms with Crippen molar-refractivity contribution < 1.29 is 28.3 Å². The van der Waals surface area contributed by atoms with Crippen LogP contribution in [0.1, 0.15) is 74.6 Å². The predicted octanol–water partition coefficient (Wildman–Crippen LogP) is 2.01. The van der Waals surface area contributed by atoms with E-state index < -0.39 is 11.9 Å². The molecule has 48 heavy (non-hydrogen) atoms. The summed E-state index contributed by atoms with van der Waals surface area (Å²) in [6.45, 7) is 6.43. The molecule has 7 heterocycles. The topological polar surface area (TPSA) is 115 Å². The summed E-state index contributed by atoms with van der Waals surface area (Å²) >= 11 is 0. The number of likely N-dealkylation sites (tertiary alicyclic amines) is 2. The molecule has 5 atom stereocenters. The van der Waals surface area contributed by atoms with Gasteiger partial charge in [-0.1, -0.05) is 0 Å². The molecule has 12 heteroatoms. The average Bonchev–Trinajstić information content (AvgIpc) is 3.77. The summed E-state index contributed by atoms with van der Waals surface area (Å²) in [7, 11) is 0. The van der Waals surface area contributed by atoms with E-state index in [2.05, 4.69) is 20.4 Å². The molecule has 0 unspecified atom stereocenters. The molecule has 0 spiro atoms. The summed E-state index contributed by atoms with van der Waals surface area (Å²) in [6.07, 6.45) is 8.07. The summed E-state index contributed by atoms with van der Waals surface area (Å²) in [5.41, 5.74) is 0.312. The first-order valence-electron chi connectivity index (χ1n) is 18.3. The molecule has 0 aliphatic carbocycles. The number of benzene rings is 1. The summed E-state index contributed by atoms with van der Waals surface area (Å²) in [4.78, 5) is 63.4. The van der Waals surface area contributed by atoms with Crippen molar-refractivity contribution in [3.05, 3.63) is 35.6 Å². The van der Waals surface area contributed by atoms with Crippen LogP contribution in [0.25, 0.3) is 0 Å². The highest BCUT2D eigenvalue weighted by atomic mass is 19.1. The molecule has 4 bridgehead atoms. The molecular formula is C36H51FN6O5. The van der Waals surface area contributed by atoms with Crippen molar-refractivity contribution in [2.45, 2.75) is 94.4 Å². The van der Waals surface area contributed by atoms with Crippen molar-refractivity contribution in [1.82, 2.24) is 30.2 Å². The number of hydrogen-bond acceptors (Lipinski definition) is 7. The van der Waals surface area contributed by atoms with Crippen LogP contribution in [0.5, 0.6) is 0 Å². The summed E-state index contributed by atoms with van der Waals surface area (Å²) in [5, 5.41) is 6.34. The van der Waals surface area contributed by atoms with Crippen molar-refractivity contribution in [2.24, 2.45) is 11.8 Å². The van der Waals surface area contributed by atoms with Crippen LogP contribution in [0.2, 0.25) is 0 Å². The summed E-state index contributed by atoms with van der Waals surface area (Å²) in [6, 6.07) is 4.77. The number of rotatable bonds is 2. The Bertz CT molecular complexity index is 1330. The third kappa shape index (κ3) is 7.26. The summed E-state index contributed by atoms with van der Waals surface area (Å²) in [5.74, 6) is -0.323. The second-order valence-corrected chi connectivity index (χ2v) is 14.9. The second kappa shape index (κ2) is 14.8. The van der Waals surface area contributed by atoms with Crippen LogP contribution < -0.4 is 10.6 Å². The molecule has 11 nitrogen and oxygen atoms in total. The van der Waals surface area contributed by atoms with Gasteiger partial charge in [0.1, 0.15) is 11.9 Å². The molecule has 4 amide bonds. The molecule has 7 fully saturated rings. The van der Waals surface area contributed by atoms with Gasteiger partial charge in [0.25, 0.3) is 5.91 Å². The zero-order valence-electron chi connectivity index (χ0n) is 28.0. The van der Waals surface area contributed by atoms with Crippen LogP contribution in [0.4, 0.5) is 4.39 Å². The highest BCUT2D eigenvalue weighted by molar-refractivity contribution is 5.98. The van der Waals surface area contributed by atoms with Crippen LogP contribution >= 0.6 is 0 Å². The van der Waals surface area contributed by atoms with Gasteiger partial charge in [0, 0.05) is 76.0 Å². The van der Waals surface area contributed by atoms with Gasteiger partial charge in [-0.05, 0) is 107 Å². The number of amides is 4. The van der Waals surface area contributed by atoms with Crippen molar-refractivity contribution in [3.8, 4) is 0 Å². The Kier molecular flexibility index (Phi) is 10.3. The average molecular weight is 667 g/mol. The van der Waals surface area contributed by atoms with E-state index in [1.807, 2.05) is 4.90 Å². The highest BCUT2D eigenvalue weighted by Gasteiger charge is 2.44. The molecule has 8 rings (SSSR count). The first-order valence-corrected chi connectivity index (χ1v) is 18.3. The Morgan fingerprint density at radius 2 is 1.56 bits per heavy atom. The maximum Gasteiger partial charge on any atom is 0.254 e. The number of carbonyl (C=O) groups excluding carboxylic acids is 4. The van der Waals surface area contributed by atoms with Crippen LogP contribution in [0.15, 0.2) is 24.3 Å². The predicted molar refractivity (Wildman–Crippen MR) is 176 cm³/mol. The minimum Gasteiger partial charge on any atom is -0.381 e. The fraction of sp³-hybridized carbons (Fsp3) is 0.722. The van der Waals surface area contributed by atoms with E-state index >= 15 is 0 Å². The van der Waals surface area contributed by atoms with E-state index in [1.54, 1.807) is 4.90 Å². The Morgan fingerprint density at radius 3 is 2.33 bits per heavy atom. The molecule has 7 saturated heterocycles. The molecule has 0 saturated carbocycles. The van der Waals surface area contributed by atoms with Gasteiger partial charge in [-0.15, -0.1) is 0 Å². The van der Waals surface area contributed by atoms with Crippen LogP contribution in [-0.2, 0) is 19.1 Å².